The third kappa shape index (κ3) is 3.48. The minimum atomic E-state index is -2.32. The van der Waals surface area contributed by atoms with E-state index in [1.54, 1.807) is 20.8 Å². The van der Waals surface area contributed by atoms with Crippen LogP contribution in [0.3, 0.4) is 0 Å². The van der Waals surface area contributed by atoms with E-state index >= 15 is 4.39 Å². The third-order valence-corrected chi connectivity index (χ3v) is 11.1. The number of rotatable bonds is 4. The molecule has 3 saturated carbocycles. The number of fused-ring (bicyclic) bond motifs is 5. The molecule has 0 aromatic heterocycles. The van der Waals surface area contributed by atoms with Crippen LogP contribution in [0.15, 0.2) is 23.3 Å². The van der Waals surface area contributed by atoms with Gasteiger partial charge in [-0.25, -0.2) is 4.39 Å². The van der Waals surface area contributed by atoms with Crippen molar-refractivity contribution in [3.05, 3.63) is 23.3 Å². The van der Waals surface area contributed by atoms with Crippen LogP contribution in [0.5, 0.6) is 0 Å². The van der Waals surface area contributed by atoms with E-state index in [4.69, 9.17) is 4.74 Å². The molecular formula is C28H39FO10. The molecule has 39 heavy (non-hydrogen) atoms. The molecule has 5 rings (SSSR count). The standard InChI is InChI=1S/C28H39FO10/c1-12-6-16-15-5-4-13-7-17(32)14(24-23(37)22(36)21(35)18(10-30)39-24)8-25(13,2)27(15,29)19(33)9-26(16,3)28(12,38)20(34)11-31/h7-8,12,15-16,18-19,21-24,30-31,33,35-38H,4-6,9-11H2,1-3H3/t12-,15+,16+,18-,19+,21+,22+,23-,24?,25+,26+,27+,28+/m1/s1. The summed E-state index contributed by atoms with van der Waals surface area (Å²) in [6.45, 7) is 3.36. The van der Waals surface area contributed by atoms with E-state index in [1.165, 1.54) is 12.2 Å². The van der Waals surface area contributed by atoms with Crippen LogP contribution in [0.2, 0.25) is 0 Å². The van der Waals surface area contributed by atoms with Crippen molar-refractivity contribution in [1.29, 1.82) is 0 Å². The second kappa shape index (κ2) is 9.22. The van der Waals surface area contributed by atoms with Gasteiger partial charge in [0.15, 0.2) is 17.2 Å². The topological polar surface area (TPSA) is 185 Å². The summed E-state index contributed by atoms with van der Waals surface area (Å²) in [5.41, 5.74) is -6.69. The zero-order valence-corrected chi connectivity index (χ0v) is 22.3. The van der Waals surface area contributed by atoms with E-state index < -0.39 is 101 Å². The highest BCUT2D eigenvalue weighted by molar-refractivity contribution is 6.07. The number of allylic oxidation sites excluding steroid dienone is 3. The highest BCUT2D eigenvalue weighted by Gasteiger charge is 2.75. The lowest BCUT2D eigenvalue weighted by Crippen LogP contribution is -2.69. The second-order valence-electron chi connectivity index (χ2n) is 12.7. The molecule has 0 aromatic carbocycles. The van der Waals surface area contributed by atoms with Crippen LogP contribution in [0, 0.1) is 28.6 Å². The molecule has 0 radical (unpaired) electrons. The lowest BCUT2D eigenvalue weighted by atomic mass is 9.44. The normalized spacial score (nSPS) is 53.3. The molecule has 1 unspecified atom stereocenters. The first-order valence-corrected chi connectivity index (χ1v) is 13.7. The minimum Gasteiger partial charge on any atom is -0.394 e. The fourth-order valence-electron chi connectivity index (χ4n) is 8.97. The predicted molar refractivity (Wildman–Crippen MR) is 133 cm³/mol. The monoisotopic (exact) mass is 554 g/mol. The summed E-state index contributed by atoms with van der Waals surface area (Å²) in [7, 11) is 0. The minimum absolute atomic E-state index is 0.150. The predicted octanol–water partition coefficient (Wildman–Crippen LogP) is -0.892. The van der Waals surface area contributed by atoms with Crippen molar-refractivity contribution in [2.24, 2.45) is 28.6 Å². The Balaban J connectivity index is 1.59. The molecule has 11 heteroatoms. The van der Waals surface area contributed by atoms with Gasteiger partial charge >= 0.3 is 0 Å². The van der Waals surface area contributed by atoms with Crippen molar-refractivity contribution < 1.29 is 54.5 Å². The largest absolute Gasteiger partial charge is 0.394 e. The molecule has 1 saturated heterocycles. The fourth-order valence-corrected chi connectivity index (χ4v) is 8.97. The number of hydrogen-bond donors (Lipinski definition) is 7. The van der Waals surface area contributed by atoms with Crippen molar-refractivity contribution >= 4 is 11.6 Å². The number of carbonyl (C=O) groups is 2. The van der Waals surface area contributed by atoms with Crippen LogP contribution in [0.25, 0.3) is 0 Å². The molecule has 4 fully saturated rings. The summed E-state index contributed by atoms with van der Waals surface area (Å²) in [5, 5.41) is 73.5. The Morgan fingerprint density at radius 1 is 1.10 bits per heavy atom. The van der Waals surface area contributed by atoms with Gasteiger partial charge in [0.25, 0.3) is 0 Å². The van der Waals surface area contributed by atoms with Crippen molar-refractivity contribution in [2.45, 2.75) is 94.3 Å². The molecule has 0 amide bonds. The molecule has 1 heterocycles. The summed E-state index contributed by atoms with van der Waals surface area (Å²) < 4.78 is 23.4. The van der Waals surface area contributed by atoms with Crippen molar-refractivity contribution in [1.82, 2.24) is 0 Å². The molecule has 10 nitrogen and oxygen atoms in total. The van der Waals surface area contributed by atoms with Gasteiger partial charge in [0.05, 0.1) is 12.7 Å². The van der Waals surface area contributed by atoms with E-state index in [-0.39, 0.29) is 18.4 Å². The number of hydrogen-bond acceptors (Lipinski definition) is 10. The quantitative estimate of drug-likeness (QED) is 0.230. The Kier molecular flexibility index (Phi) is 6.84. The second-order valence-corrected chi connectivity index (χ2v) is 12.7. The maximum atomic E-state index is 17.8. The summed E-state index contributed by atoms with van der Waals surface area (Å²) >= 11 is 0. The summed E-state index contributed by atoms with van der Waals surface area (Å²) in [5.74, 6) is -3.23. The average molecular weight is 555 g/mol. The van der Waals surface area contributed by atoms with Gasteiger partial charge in [0.2, 0.25) is 0 Å². The van der Waals surface area contributed by atoms with Crippen molar-refractivity contribution in [3.63, 3.8) is 0 Å². The zero-order chi connectivity index (χ0) is 28.9. The summed E-state index contributed by atoms with van der Waals surface area (Å²) in [6.07, 6.45) is -6.21. The van der Waals surface area contributed by atoms with E-state index in [0.717, 1.165) is 0 Å². The van der Waals surface area contributed by atoms with Crippen LogP contribution in [0.1, 0.15) is 46.5 Å². The SMILES string of the molecule is C[C@@H]1C[C@H]2[C@@H]3CCC4=CC(=O)C(C5O[C@H](CO)[C@H](O)[C@H](O)[C@H]5O)=C[C@]4(C)[C@@]3(F)[C@@H](O)C[C@]2(C)[C@@]1(O)C(=O)CO. The van der Waals surface area contributed by atoms with Crippen LogP contribution in [-0.4, -0.2) is 108 Å². The first-order valence-electron chi connectivity index (χ1n) is 13.7. The Hall–Kier alpha value is -1.57. The maximum Gasteiger partial charge on any atom is 0.190 e. The van der Waals surface area contributed by atoms with E-state index in [0.29, 0.717) is 18.4 Å². The lowest BCUT2D eigenvalue weighted by molar-refractivity contribution is -0.223. The van der Waals surface area contributed by atoms with Crippen LogP contribution >= 0.6 is 0 Å². The number of alkyl halides is 1. The Labute approximate surface area is 225 Å². The summed E-state index contributed by atoms with van der Waals surface area (Å²) in [6, 6.07) is 0. The smallest absolute Gasteiger partial charge is 0.190 e. The molecule has 13 atom stereocenters. The number of aliphatic hydroxyl groups excluding tert-OH is 6. The number of aliphatic hydroxyl groups is 7. The molecule has 5 aliphatic rings. The number of carbonyl (C=O) groups excluding carboxylic acids is 2. The highest BCUT2D eigenvalue weighted by Crippen LogP contribution is 2.71. The molecule has 0 bridgehead atoms. The lowest BCUT2D eigenvalue weighted by Gasteiger charge is -2.63. The van der Waals surface area contributed by atoms with Gasteiger partial charge < -0.3 is 40.5 Å². The molecule has 7 N–H and O–H groups in total. The number of ether oxygens (including phenoxy) is 1. The molecule has 1 aliphatic heterocycles. The molecule has 4 aliphatic carbocycles. The fraction of sp³-hybridized carbons (Fsp3) is 0.786. The van der Waals surface area contributed by atoms with Gasteiger partial charge in [-0.2, -0.15) is 0 Å². The van der Waals surface area contributed by atoms with Gasteiger partial charge in [-0.15, -0.1) is 0 Å². The number of halogens is 1. The molecular weight excluding hydrogens is 515 g/mol. The molecule has 0 aromatic rings. The first kappa shape index (κ1) is 28.9. The van der Waals surface area contributed by atoms with Gasteiger partial charge in [-0.3, -0.25) is 9.59 Å². The Bertz CT molecular complexity index is 1120. The third-order valence-electron chi connectivity index (χ3n) is 11.1. The zero-order valence-electron chi connectivity index (χ0n) is 22.3. The van der Waals surface area contributed by atoms with Gasteiger partial charge in [0, 0.05) is 22.3 Å². The van der Waals surface area contributed by atoms with E-state index in [9.17, 15) is 45.3 Å². The molecule has 0 spiro atoms. The van der Waals surface area contributed by atoms with Crippen LogP contribution in [0.4, 0.5) is 4.39 Å². The van der Waals surface area contributed by atoms with Crippen LogP contribution < -0.4 is 0 Å². The molecule has 218 valence electrons. The number of ketones is 2. The van der Waals surface area contributed by atoms with Crippen LogP contribution in [-0.2, 0) is 14.3 Å². The maximum absolute atomic E-state index is 17.8. The first-order chi connectivity index (χ1) is 18.1. The summed E-state index contributed by atoms with van der Waals surface area (Å²) in [4.78, 5) is 26.0. The van der Waals surface area contributed by atoms with E-state index in [2.05, 4.69) is 0 Å². The Morgan fingerprint density at radius 2 is 1.77 bits per heavy atom. The number of Topliss-reactive ketones (excluding diaryl/α,β-unsaturated/α-hetero) is 1. The highest BCUT2D eigenvalue weighted by atomic mass is 19.1. The average Bonchev–Trinajstić information content (AvgIpc) is 3.09. The van der Waals surface area contributed by atoms with E-state index in [1.807, 2.05) is 0 Å². The Morgan fingerprint density at radius 3 is 2.38 bits per heavy atom. The van der Waals surface area contributed by atoms with Crippen molar-refractivity contribution in [2.75, 3.05) is 13.2 Å². The van der Waals surface area contributed by atoms with Gasteiger partial charge in [-0.1, -0.05) is 25.5 Å². The van der Waals surface area contributed by atoms with Crippen molar-refractivity contribution in [3.8, 4) is 0 Å². The van der Waals surface area contributed by atoms with Gasteiger partial charge in [-0.05, 0) is 50.5 Å². The van der Waals surface area contributed by atoms with Gasteiger partial charge in [0.1, 0.15) is 42.7 Å².